The van der Waals surface area contributed by atoms with E-state index in [9.17, 15) is 0 Å². The summed E-state index contributed by atoms with van der Waals surface area (Å²) in [6, 6.07) is 11.6. The second kappa shape index (κ2) is 5.02. The largest absolute Gasteiger partial charge is 0.378 e. The Kier molecular flexibility index (Phi) is 3.40. The zero-order valence-corrected chi connectivity index (χ0v) is 11.2. The van der Waals surface area contributed by atoms with Crippen LogP contribution in [0.5, 0.6) is 0 Å². The van der Waals surface area contributed by atoms with Crippen LogP contribution in [0.2, 0.25) is 0 Å². The molecule has 1 saturated heterocycles. The topological polar surface area (TPSA) is 21.3 Å². The Morgan fingerprint density at radius 2 is 2.11 bits per heavy atom. The minimum Gasteiger partial charge on any atom is -0.378 e. The molecule has 2 fully saturated rings. The molecule has 1 aromatic rings. The van der Waals surface area contributed by atoms with Gasteiger partial charge in [-0.3, -0.25) is 0 Å². The molecule has 0 bridgehead atoms. The fourth-order valence-corrected chi connectivity index (χ4v) is 3.46. The predicted octanol–water partition coefficient (Wildman–Crippen LogP) is 2.88. The van der Waals surface area contributed by atoms with Crippen LogP contribution in [0.1, 0.15) is 37.7 Å². The lowest BCUT2D eigenvalue weighted by molar-refractivity contribution is 0.0909. The first-order valence-electron chi connectivity index (χ1n) is 7.19. The molecule has 2 aliphatic rings. The van der Waals surface area contributed by atoms with E-state index in [4.69, 9.17) is 4.74 Å². The van der Waals surface area contributed by atoms with E-state index in [1.165, 1.54) is 31.2 Å². The molecule has 1 aliphatic carbocycles. The van der Waals surface area contributed by atoms with Crippen LogP contribution in [0.4, 0.5) is 0 Å². The molecule has 1 saturated carbocycles. The summed E-state index contributed by atoms with van der Waals surface area (Å²) in [4.78, 5) is 0. The number of rotatable bonds is 5. The molecule has 18 heavy (non-hydrogen) atoms. The van der Waals surface area contributed by atoms with Crippen LogP contribution in [0, 0.1) is 0 Å². The van der Waals surface area contributed by atoms with Crippen LogP contribution in [0.3, 0.4) is 0 Å². The highest BCUT2D eigenvalue weighted by Crippen LogP contribution is 2.52. The molecule has 2 unspecified atom stereocenters. The van der Waals surface area contributed by atoms with Gasteiger partial charge in [-0.15, -0.1) is 0 Å². The lowest BCUT2D eigenvalue weighted by Crippen LogP contribution is -2.40. The number of likely N-dealkylation sites (N-methyl/N-ethyl adjacent to an activating group) is 1. The molecule has 3 rings (SSSR count). The number of hydrogen-bond donors (Lipinski definition) is 1. The standard InChI is InChI=1S/C16H23NO/c1-17-15(12-14-8-5-11-18-14)16(9-10-16)13-6-3-2-4-7-13/h2-4,6-7,14-15,17H,5,8-12H2,1H3. The lowest BCUT2D eigenvalue weighted by Gasteiger charge is -2.29. The van der Waals surface area contributed by atoms with Gasteiger partial charge in [0.25, 0.3) is 0 Å². The minimum absolute atomic E-state index is 0.377. The molecule has 0 radical (unpaired) electrons. The molecule has 1 aliphatic heterocycles. The van der Waals surface area contributed by atoms with E-state index < -0.39 is 0 Å². The van der Waals surface area contributed by atoms with Gasteiger partial charge in [-0.05, 0) is 44.7 Å². The summed E-state index contributed by atoms with van der Waals surface area (Å²) in [5.41, 5.74) is 1.88. The van der Waals surface area contributed by atoms with Gasteiger partial charge in [0.2, 0.25) is 0 Å². The highest BCUT2D eigenvalue weighted by atomic mass is 16.5. The van der Waals surface area contributed by atoms with E-state index in [1.807, 2.05) is 0 Å². The summed E-state index contributed by atoms with van der Waals surface area (Å²) in [7, 11) is 2.10. The summed E-state index contributed by atoms with van der Waals surface area (Å²) in [5, 5.41) is 3.55. The third kappa shape index (κ3) is 2.19. The lowest BCUT2D eigenvalue weighted by atomic mass is 9.84. The molecule has 2 nitrogen and oxygen atoms in total. The van der Waals surface area contributed by atoms with Crippen molar-refractivity contribution in [2.75, 3.05) is 13.7 Å². The van der Waals surface area contributed by atoms with Crippen molar-refractivity contribution in [3.63, 3.8) is 0 Å². The molecular weight excluding hydrogens is 222 g/mol. The Hall–Kier alpha value is -0.860. The van der Waals surface area contributed by atoms with Gasteiger partial charge in [0.05, 0.1) is 6.10 Å². The van der Waals surface area contributed by atoms with Crippen molar-refractivity contribution in [2.24, 2.45) is 0 Å². The van der Waals surface area contributed by atoms with Gasteiger partial charge < -0.3 is 10.1 Å². The first-order chi connectivity index (χ1) is 8.85. The van der Waals surface area contributed by atoms with Crippen molar-refractivity contribution in [3.8, 4) is 0 Å². The molecule has 2 atom stereocenters. The van der Waals surface area contributed by atoms with Crippen LogP contribution < -0.4 is 5.32 Å². The first-order valence-corrected chi connectivity index (χ1v) is 7.19. The third-order valence-corrected chi connectivity index (χ3v) is 4.68. The van der Waals surface area contributed by atoms with E-state index in [0.717, 1.165) is 13.0 Å². The fraction of sp³-hybridized carbons (Fsp3) is 0.625. The van der Waals surface area contributed by atoms with Gasteiger partial charge in [-0.1, -0.05) is 30.3 Å². The average molecular weight is 245 g/mol. The Morgan fingerprint density at radius 3 is 2.67 bits per heavy atom. The van der Waals surface area contributed by atoms with Crippen LogP contribution in [-0.4, -0.2) is 25.8 Å². The van der Waals surface area contributed by atoms with E-state index in [2.05, 4.69) is 42.7 Å². The van der Waals surface area contributed by atoms with E-state index in [-0.39, 0.29) is 0 Å². The molecule has 2 heteroatoms. The third-order valence-electron chi connectivity index (χ3n) is 4.68. The summed E-state index contributed by atoms with van der Waals surface area (Å²) in [5.74, 6) is 0. The number of benzene rings is 1. The van der Waals surface area contributed by atoms with E-state index >= 15 is 0 Å². The maximum atomic E-state index is 5.80. The molecule has 0 aromatic heterocycles. The SMILES string of the molecule is CNC(CC1CCCO1)C1(c2ccccc2)CC1. The summed E-state index contributed by atoms with van der Waals surface area (Å²) in [6.45, 7) is 0.958. The number of nitrogens with one attached hydrogen (secondary N) is 1. The van der Waals surface area contributed by atoms with E-state index in [0.29, 0.717) is 17.6 Å². The van der Waals surface area contributed by atoms with Gasteiger partial charge in [0, 0.05) is 18.1 Å². The van der Waals surface area contributed by atoms with Gasteiger partial charge in [-0.25, -0.2) is 0 Å². The fourth-order valence-electron chi connectivity index (χ4n) is 3.46. The normalized spacial score (nSPS) is 27.1. The summed E-state index contributed by atoms with van der Waals surface area (Å²) < 4.78 is 5.80. The highest BCUT2D eigenvalue weighted by molar-refractivity contribution is 5.33. The highest BCUT2D eigenvalue weighted by Gasteiger charge is 2.50. The van der Waals surface area contributed by atoms with Crippen LogP contribution in [0.25, 0.3) is 0 Å². The Morgan fingerprint density at radius 1 is 1.33 bits per heavy atom. The molecule has 1 aromatic carbocycles. The van der Waals surface area contributed by atoms with Gasteiger partial charge in [-0.2, -0.15) is 0 Å². The van der Waals surface area contributed by atoms with Crippen molar-refractivity contribution < 1.29 is 4.74 Å². The maximum Gasteiger partial charge on any atom is 0.0591 e. The molecular formula is C16H23NO. The predicted molar refractivity (Wildman–Crippen MR) is 73.8 cm³/mol. The first kappa shape index (κ1) is 12.2. The van der Waals surface area contributed by atoms with Crippen molar-refractivity contribution in [2.45, 2.75) is 49.7 Å². The molecule has 0 spiro atoms. The zero-order valence-electron chi connectivity index (χ0n) is 11.2. The van der Waals surface area contributed by atoms with Crippen LogP contribution >= 0.6 is 0 Å². The number of ether oxygens (including phenoxy) is 1. The number of hydrogen-bond acceptors (Lipinski definition) is 2. The molecule has 1 heterocycles. The quantitative estimate of drug-likeness (QED) is 0.861. The maximum absolute atomic E-state index is 5.80. The summed E-state index contributed by atoms with van der Waals surface area (Å²) in [6.07, 6.45) is 6.74. The monoisotopic (exact) mass is 245 g/mol. The van der Waals surface area contributed by atoms with Crippen LogP contribution in [-0.2, 0) is 10.2 Å². The van der Waals surface area contributed by atoms with Crippen molar-refractivity contribution in [3.05, 3.63) is 35.9 Å². The minimum atomic E-state index is 0.377. The van der Waals surface area contributed by atoms with Crippen molar-refractivity contribution in [1.29, 1.82) is 0 Å². The van der Waals surface area contributed by atoms with Crippen LogP contribution in [0.15, 0.2) is 30.3 Å². The smallest absolute Gasteiger partial charge is 0.0591 e. The van der Waals surface area contributed by atoms with Gasteiger partial charge in [0.1, 0.15) is 0 Å². The van der Waals surface area contributed by atoms with Gasteiger partial charge in [0.15, 0.2) is 0 Å². The molecule has 1 N–H and O–H groups in total. The average Bonchev–Trinajstić information content (AvgIpc) is 3.07. The van der Waals surface area contributed by atoms with E-state index in [1.54, 1.807) is 0 Å². The van der Waals surface area contributed by atoms with Crippen molar-refractivity contribution >= 4 is 0 Å². The Balaban J connectivity index is 1.74. The molecule has 0 amide bonds. The zero-order chi connectivity index (χ0) is 12.4. The van der Waals surface area contributed by atoms with Gasteiger partial charge >= 0.3 is 0 Å². The Labute approximate surface area is 110 Å². The summed E-state index contributed by atoms with van der Waals surface area (Å²) >= 11 is 0. The second-order valence-electron chi connectivity index (χ2n) is 5.73. The molecule has 98 valence electrons. The Bertz CT molecular complexity index is 379. The second-order valence-corrected chi connectivity index (χ2v) is 5.73. The van der Waals surface area contributed by atoms with Crippen molar-refractivity contribution in [1.82, 2.24) is 5.32 Å².